The summed E-state index contributed by atoms with van der Waals surface area (Å²) in [6.45, 7) is 0. The molecule has 0 bridgehead atoms. The van der Waals surface area contributed by atoms with Gasteiger partial charge in [-0.3, -0.25) is 4.90 Å². The van der Waals surface area contributed by atoms with Gasteiger partial charge in [-0.2, -0.15) is 0 Å². The van der Waals surface area contributed by atoms with Gasteiger partial charge >= 0.3 is 0 Å². The van der Waals surface area contributed by atoms with Gasteiger partial charge in [0.15, 0.2) is 6.29 Å². The van der Waals surface area contributed by atoms with Gasteiger partial charge in [0.2, 0.25) is 0 Å². The fraction of sp³-hybridized carbons (Fsp3) is 0.143. The van der Waals surface area contributed by atoms with Crippen LogP contribution in [0.2, 0.25) is 0 Å². The first-order valence-electron chi connectivity index (χ1n) is 5.49. The normalized spacial score (nSPS) is 18.8. The Hall–Kier alpha value is -2.52. The molecule has 4 rings (SSSR count). The van der Waals surface area contributed by atoms with Crippen LogP contribution in [0.1, 0.15) is 0 Å². The van der Waals surface area contributed by atoms with Gasteiger partial charge in [-0.15, -0.1) is 0 Å². The Morgan fingerprint density at radius 3 is 2.76 bits per heavy atom. The Morgan fingerprint density at radius 2 is 1.88 bits per heavy atom. The van der Waals surface area contributed by atoms with Gasteiger partial charge in [-0.25, -0.2) is 0 Å². The van der Waals surface area contributed by atoms with Crippen LogP contribution < -0.4 is 15.1 Å². The molecule has 1 N–H and O–H groups in total. The fourth-order valence-corrected chi connectivity index (χ4v) is 2.49. The Bertz CT molecular complexity index is 594. The lowest BCUT2D eigenvalue weighted by Gasteiger charge is -2.22. The maximum Gasteiger partial charge on any atom is 0.184 e. The van der Waals surface area contributed by atoms with Gasteiger partial charge in [0.25, 0.3) is 0 Å². The van der Waals surface area contributed by atoms with Gasteiger partial charge in [0.05, 0.1) is 11.4 Å². The van der Waals surface area contributed by atoms with E-state index in [4.69, 9.17) is 0 Å². The molecule has 80 valence electrons. The van der Waals surface area contributed by atoms with Crippen LogP contribution in [0.3, 0.4) is 0 Å². The third-order valence-electron chi connectivity index (χ3n) is 3.29. The van der Waals surface area contributed by atoms with Crippen LogP contribution in [0.4, 0.5) is 22.7 Å². The van der Waals surface area contributed by atoms with Crippen molar-refractivity contribution in [3.8, 4) is 0 Å². The zero-order valence-electron chi connectivity index (χ0n) is 9.28. The summed E-state index contributed by atoms with van der Waals surface area (Å²) in [5.41, 5.74) is 4.31. The molecule has 0 fully saturated rings. The van der Waals surface area contributed by atoms with E-state index in [0.717, 1.165) is 22.7 Å². The van der Waals surface area contributed by atoms with Gasteiger partial charge in [0.1, 0.15) is 11.4 Å². The van der Waals surface area contributed by atoms with Crippen molar-refractivity contribution >= 4 is 22.7 Å². The van der Waals surface area contributed by atoms with E-state index in [0.29, 0.717) is 0 Å². The van der Waals surface area contributed by atoms with Crippen molar-refractivity contribution in [2.45, 2.75) is 6.29 Å². The van der Waals surface area contributed by atoms with Gasteiger partial charge in [-0.1, -0.05) is 12.1 Å². The summed E-state index contributed by atoms with van der Waals surface area (Å²) in [7, 11) is 2.07. The summed E-state index contributed by atoms with van der Waals surface area (Å²) >= 11 is 0. The van der Waals surface area contributed by atoms with Crippen molar-refractivity contribution in [1.82, 2.24) is 0 Å². The second-order valence-electron chi connectivity index (χ2n) is 4.20. The third-order valence-corrected chi connectivity index (χ3v) is 3.29. The molecule has 0 saturated carbocycles. The fourth-order valence-electron chi connectivity index (χ4n) is 2.49. The predicted octanol–water partition coefficient (Wildman–Crippen LogP) is 2.18. The number of hydrogen-bond acceptors (Lipinski definition) is 3. The molecule has 0 amide bonds. The van der Waals surface area contributed by atoms with Crippen molar-refractivity contribution in [1.29, 1.82) is 0 Å². The van der Waals surface area contributed by atoms with E-state index in [9.17, 15) is 0 Å². The quantitative estimate of drug-likeness (QED) is 0.732. The summed E-state index contributed by atoms with van der Waals surface area (Å²) in [4.78, 5) is 4.37. The largest absolute Gasteiger partial charge is 0.346 e. The minimum atomic E-state index is 0.110. The predicted molar refractivity (Wildman–Crippen MR) is 66.2 cm³/mol. The molecule has 0 aliphatic carbocycles. The lowest BCUT2D eigenvalue weighted by Crippen LogP contribution is -2.40. The van der Waals surface area contributed by atoms with E-state index < -0.39 is 0 Å². The van der Waals surface area contributed by atoms with Crippen molar-refractivity contribution < 1.29 is 0 Å². The lowest BCUT2D eigenvalue weighted by atomic mass is 10.2. The summed E-state index contributed by atoms with van der Waals surface area (Å²) in [6, 6.07) is 20.2. The topological polar surface area (TPSA) is 18.5 Å². The first-order chi connectivity index (χ1) is 8.36. The molecule has 3 heteroatoms. The number of nitrogens with zero attached hydrogens (tertiary/aromatic N) is 2. The van der Waals surface area contributed by atoms with Gasteiger partial charge in [0, 0.05) is 7.05 Å². The monoisotopic (exact) mass is 219 g/mol. The van der Waals surface area contributed by atoms with Crippen molar-refractivity contribution in [2.75, 3.05) is 22.2 Å². The molecule has 0 radical (unpaired) electrons. The highest BCUT2D eigenvalue weighted by Gasteiger charge is 2.40. The SMILES string of the molecule is CN1c2ccc#cc2N2c3c#cccc3NC12. The number of nitrogens with one attached hydrogen (secondary N) is 1. The van der Waals surface area contributed by atoms with Crippen LogP contribution >= 0.6 is 0 Å². The highest BCUT2D eigenvalue weighted by atomic mass is 15.5. The summed E-state index contributed by atoms with van der Waals surface area (Å²) in [6.07, 6.45) is 0.110. The molecule has 1 atom stereocenters. The number of rotatable bonds is 0. The Labute approximate surface area is 100 Å². The number of anilines is 4. The number of hydrogen-bond donors (Lipinski definition) is 1. The first kappa shape index (κ1) is 8.61. The van der Waals surface area contributed by atoms with Crippen LogP contribution in [-0.4, -0.2) is 13.3 Å². The highest BCUT2D eigenvalue weighted by Crippen LogP contribution is 2.47. The maximum absolute atomic E-state index is 3.46. The van der Waals surface area contributed by atoms with E-state index >= 15 is 0 Å². The van der Waals surface area contributed by atoms with E-state index in [2.05, 4.69) is 52.5 Å². The van der Waals surface area contributed by atoms with Crippen molar-refractivity contribution in [2.24, 2.45) is 0 Å². The second-order valence-corrected chi connectivity index (χ2v) is 4.20. The molecule has 2 heterocycles. The van der Waals surface area contributed by atoms with Crippen LogP contribution in [0, 0.1) is 24.3 Å². The smallest absolute Gasteiger partial charge is 0.184 e. The summed E-state index contributed by atoms with van der Waals surface area (Å²) in [5.74, 6) is 0. The van der Waals surface area contributed by atoms with Crippen LogP contribution in [0.5, 0.6) is 0 Å². The molecule has 0 aromatic heterocycles. The average molecular weight is 219 g/mol. The zero-order chi connectivity index (χ0) is 11.4. The highest BCUT2D eigenvalue weighted by molar-refractivity contribution is 5.91. The molecule has 3 nitrogen and oxygen atoms in total. The molecule has 17 heavy (non-hydrogen) atoms. The van der Waals surface area contributed by atoms with E-state index in [1.54, 1.807) is 0 Å². The standard InChI is InChI=1S/C14H9N3/c1-16-12-8-4-5-9-13(12)17-11-7-3-2-6-10(11)15-14(16)17/h2,4,6,8,14-15H,1H3. The van der Waals surface area contributed by atoms with Crippen LogP contribution in [0.25, 0.3) is 0 Å². The summed E-state index contributed by atoms with van der Waals surface area (Å²) in [5, 5.41) is 3.46. The van der Waals surface area contributed by atoms with E-state index in [-0.39, 0.29) is 6.29 Å². The third kappa shape index (κ3) is 0.940. The lowest BCUT2D eigenvalue weighted by molar-refractivity contribution is 0.777. The minimum Gasteiger partial charge on any atom is -0.346 e. The van der Waals surface area contributed by atoms with E-state index in [1.165, 1.54) is 0 Å². The maximum atomic E-state index is 3.46. The zero-order valence-corrected chi connectivity index (χ0v) is 9.28. The molecular formula is C14H9N3. The van der Waals surface area contributed by atoms with Crippen molar-refractivity contribution in [3.05, 3.63) is 48.5 Å². The number of fused-ring (bicyclic) bond motifs is 5. The van der Waals surface area contributed by atoms with Gasteiger partial charge < -0.3 is 10.2 Å². The van der Waals surface area contributed by atoms with Crippen LogP contribution in [-0.2, 0) is 0 Å². The molecule has 2 aliphatic rings. The Kier molecular flexibility index (Phi) is 1.41. The molecular weight excluding hydrogens is 210 g/mol. The average Bonchev–Trinajstić information content (AvgIpc) is 2.88. The molecule has 2 aromatic rings. The molecule has 0 spiro atoms. The van der Waals surface area contributed by atoms with E-state index in [1.807, 2.05) is 18.2 Å². The van der Waals surface area contributed by atoms with Gasteiger partial charge in [-0.05, 0) is 36.4 Å². The molecule has 0 saturated heterocycles. The molecule has 2 aromatic carbocycles. The Morgan fingerprint density at radius 1 is 1.12 bits per heavy atom. The molecule has 2 aliphatic heterocycles. The molecule has 1 unspecified atom stereocenters. The Balaban J connectivity index is 1.95. The van der Waals surface area contributed by atoms with Crippen LogP contribution in [0.15, 0.2) is 24.3 Å². The minimum absolute atomic E-state index is 0.110. The summed E-state index contributed by atoms with van der Waals surface area (Å²) < 4.78 is 0. The van der Waals surface area contributed by atoms with Crippen molar-refractivity contribution in [3.63, 3.8) is 0 Å². The first-order valence-corrected chi connectivity index (χ1v) is 5.49. The second kappa shape index (κ2) is 2.78.